The highest BCUT2D eigenvalue weighted by Gasteiger charge is 2.53. The van der Waals surface area contributed by atoms with E-state index in [0.717, 1.165) is 44.9 Å². The van der Waals surface area contributed by atoms with Gasteiger partial charge in [0.15, 0.2) is 18.9 Å². The van der Waals surface area contributed by atoms with Gasteiger partial charge in [-0.3, -0.25) is 4.79 Å². The molecule has 0 bridgehead atoms. The van der Waals surface area contributed by atoms with Crippen LogP contribution >= 0.6 is 0 Å². The highest BCUT2D eigenvalue weighted by molar-refractivity contribution is 5.76. The van der Waals surface area contributed by atoms with Crippen molar-refractivity contribution < 1.29 is 89.4 Å². The van der Waals surface area contributed by atoms with E-state index < -0.39 is 124 Å². The third-order valence-electron chi connectivity index (χ3n) is 17.2. The van der Waals surface area contributed by atoms with Crippen molar-refractivity contribution in [2.75, 3.05) is 26.4 Å². The van der Waals surface area contributed by atoms with E-state index in [1.165, 1.54) is 173 Å². The standard InChI is InChI=1S/C67H123NO18/c1-3-5-7-9-11-13-15-17-19-21-22-23-24-25-26-27-29-30-32-34-36-38-40-42-44-51(72)50(68-55(73)45-43-41-39-37-35-33-31-28-20-18-16-14-12-10-8-6-4-2)49-81-65-61(79)58(76)63(53(47-70)83-65)86-67-62(80)59(77)64(54(48-71)84-67)85-66-60(78)57(75)56(74)52(46-69)82-66/h27,29,34,36,42,44,50-54,56-67,69-72,74-80H,3-26,28,30-33,35,37-41,43,45-49H2,1-2H3,(H,68,73)/b29-27+,36-34+,44-42+. The Kier molecular flexibility index (Phi) is 45.2. The van der Waals surface area contributed by atoms with Gasteiger partial charge in [-0.15, -0.1) is 0 Å². The van der Waals surface area contributed by atoms with E-state index in [4.69, 9.17) is 28.4 Å². The Labute approximate surface area is 517 Å². The van der Waals surface area contributed by atoms with Gasteiger partial charge in [0, 0.05) is 6.42 Å². The van der Waals surface area contributed by atoms with Crippen molar-refractivity contribution in [2.45, 2.75) is 356 Å². The number of unbranched alkanes of at least 4 members (excludes halogenated alkanes) is 32. The highest BCUT2D eigenvalue weighted by Crippen LogP contribution is 2.33. The van der Waals surface area contributed by atoms with E-state index in [1.807, 2.05) is 6.08 Å². The molecule has 3 heterocycles. The minimum absolute atomic E-state index is 0.236. The molecule has 3 fully saturated rings. The summed E-state index contributed by atoms with van der Waals surface area (Å²) in [5.74, 6) is -0.286. The molecule has 19 nitrogen and oxygen atoms in total. The van der Waals surface area contributed by atoms with Crippen LogP contribution < -0.4 is 5.32 Å². The first-order valence-electron chi connectivity index (χ1n) is 34.2. The van der Waals surface area contributed by atoms with Gasteiger partial charge in [0.05, 0.1) is 38.6 Å². The Morgan fingerprint density at radius 2 is 0.744 bits per heavy atom. The van der Waals surface area contributed by atoms with Crippen LogP contribution in [0.25, 0.3) is 0 Å². The SMILES string of the molecule is CCCCCCCCCCCCCCCC/C=C/CC/C=C/CC/C=C/C(O)C(COC1OC(CO)C(OC2OC(CO)C(OC3OC(CO)C(O)C(O)C3O)C(O)C2O)C(O)C1O)NC(=O)CCCCCCCCCCCCCCCCCCC. The molecule has 0 aromatic rings. The van der Waals surface area contributed by atoms with Crippen LogP contribution in [0.1, 0.15) is 251 Å². The molecule has 0 radical (unpaired) electrons. The molecule has 17 atom stereocenters. The molecular formula is C67H123NO18. The summed E-state index contributed by atoms with van der Waals surface area (Å²) in [6.07, 6.45) is 29.8. The van der Waals surface area contributed by atoms with E-state index in [0.29, 0.717) is 12.8 Å². The normalized spacial score (nSPS) is 29.0. The van der Waals surface area contributed by atoms with Gasteiger partial charge in [0.25, 0.3) is 0 Å². The minimum Gasteiger partial charge on any atom is -0.394 e. The van der Waals surface area contributed by atoms with Gasteiger partial charge in [0.1, 0.15) is 73.2 Å². The fourth-order valence-electron chi connectivity index (χ4n) is 11.6. The molecule has 3 saturated heterocycles. The number of hydrogen-bond donors (Lipinski definition) is 12. The Balaban J connectivity index is 1.47. The molecule has 0 aromatic carbocycles. The van der Waals surface area contributed by atoms with Gasteiger partial charge >= 0.3 is 0 Å². The monoisotopic (exact) mass is 1230 g/mol. The number of nitrogens with one attached hydrogen (secondary N) is 1. The van der Waals surface area contributed by atoms with Crippen LogP contribution in [0.4, 0.5) is 0 Å². The molecule has 3 rings (SSSR count). The van der Waals surface area contributed by atoms with E-state index >= 15 is 0 Å². The number of ether oxygens (including phenoxy) is 6. The van der Waals surface area contributed by atoms with E-state index in [2.05, 4.69) is 43.5 Å². The lowest BCUT2D eigenvalue weighted by atomic mass is 9.96. The van der Waals surface area contributed by atoms with Gasteiger partial charge in [-0.25, -0.2) is 0 Å². The molecule has 1 amide bonds. The summed E-state index contributed by atoms with van der Waals surface area (Å²) in [4.78, 5) is 13.4. The van der Waals surface area contributed by atoms with Crippen molar-refractivity contribution >= 4 is 5.91 Å². The van der Waals surface area contributed by atoms with Gasteiger partial charge in [0.2, 0.25) is 5.91 Å². The molecule has 3 aliphatic heterocycles. The summed E-state index contributed by atoms with van der Waals surface area (Å²) >= 11 is 0. The van der Waals surface area contributed by atoms with Crippen molar-refractivity contribution in [2.24, 2.45) is 0 Å². The third kappa shape index (κ3) is 31.8. The number of allylic oxidation sites excluding steroid dienone is 5. The summed E-state index contributed by atoms with van der Waals surface area (Å²) in [6.45, 7) is 1.73. The van der Waals surface area contributed by atoms with Crippen LogP contribution in [-0.2, 0) is 33.2 Å². The number of aliphatic hydroxyl groups excluding tert-OH is 11. The molecule has 0 aliphatic carbocycles. The van der Waals surface area contributed by atoms with Crippen LogP contribution in [0.15, 0.2) is 36.5 Å². The second-order valence-corrected chi connectivity index (χ2v) is 24.6. The Bertz CT molecular complexity index is 1710. The third-order valence-corrected chi connectivity index (χ3v) is 17.2. The molecule has 0 spiro atoms. The van der Waals surface area contributed by atoms with Crippen LogP contribution in [0.3, 0.4) is 0 Å². The second kappa shape index (κ2) is 49.7. The van der Waals surface area contributed by atoms with Gasteiger partial charge < -0.3 is 89.9 Å². The van der Waals surface area contributed by atoms with Crippen molar-refractivity contribution in [1.29, 1.82) is 0 Å². The van der Waals surface area contributed by atoms with E-state index in [1.54, 1.807) is 6.08 Å². The number of amides is 1. The van der Waals surface area contributed by atoms with Gasteiger partial charge in [-0.05, 0) is 44.9 Å². The summed E-state index contributed by atoms with van der Waals surface area (Å²) in [7, 11) is 0. The molecule has 17 unspecified atom stereocenters. The number of hydrogen-bond acceptors (Lipinski definition) is 18. The summed E-state index contributed by atoms with van der Waals surface area (Å²) < 4.78 is 34.3. The topological polar surface area (TPSA) is 307 Å². The Hall–Kier alpha value is -1.99. The lowest BCUT2D eigenvalue weighted by Gasteiger charge is -2.48. The molecule has 504 valence electrons. The smallest absolute Gasteiger partial charge is 0.220 e. The molecular weight excluding hydrogens is 1110 g/mol. The Morgan fingerprint density at radius 3 is 1.16 bits per heavy atom. The average Bonchev–Trinajstić information content (AvgIpc) is 3.69. The summed E-state index contributed by atoms with van der Waals surface area (Å²) in [5, 5.41) is 120. The van der Waals surface area contributed by atoms with Crippen LogP contribution in [-0.4, -0.2) is 193 Å². The van der Waals surface area contributed by atoms with E-state index in [9.17, 15) is 61.0 Å². The lowest BCUT2D eigenvalue weighted by molar-refractivity contribution is -0.379. The zero-order chi connectivity index (χ0) is 62.6. The molecule has 86 heavy (non-hydrogen) atoms. The van der Waals surface area contributed by atoms with Gasteiger partial charge in [-0.2, -0.15) is 0 Å². The van der Waals surface area contributed by atoms with Crippen molar-refractivity contribution in [1.82, 2.24) is 5.32 Å². The number of aliphatic hydroxyl groups is 11. The fraction of sp³-hybridized carbons (Fsp3) is 0.896. The number of carbonyl (C=O) groups excluding carboxylic acids is 1. The zero-order valence-corrected chi connectivity index (χ0v) is 53.0. The molecule has 0 saturated carbocycles. The van der Waals surface area contributed by atoms with Crippen molar-refractivity contribution in [3.63, 3.8) is 0 Å². The summed E-state index contributed by atoms with van der Waals surface area (Å²) in [5.41, 5.74) is 0. The predicted molar refractivity (Wildman–Crippen MR) is 333 cm³/mol. The van der Waals surface area contributed by atoms with Crippen LogP contribution in [0.5, 0.6) is 0 Å². The predicted octanol–water partition coefficient (Wildman–Crippen LogP) is 8.44. The van der Waals surface area contributed by atoms with Crippen LogP contribution in [0, 0.1) is 0 Å². The Morgan fingerprint density at radius 1 is 0.407 bits per heavy atom. The average molecular weight is 1230 g/mol. The van der Waals surface area contributed by atoms with Crippen LogP contribution in [0.2, 0.25) is 0 Å². The molecule has 3 aliphatic rings. The quantitative estimate of drug-likeness (QED) is 0.0201. The fourth-order valence-corrected chi connectivity index (χ4v) is 11.6. The molecule has 19 heteroatoms. The summed E-state index contributed by atoms with van der Waals surface area (Å²) in [6, 6.07) is -0.994. The molecule has 12 N–H and O–H groups in total. The number of carbonyl (C=O) groups is 1. The van der Waals surface area contributed by atoms with Gasteiger partial charge in [-0.1, -0.05) is 237 Å². The van der Waals surface area contributed by atoms with Crippen molar-refractivity contribution in [3.05, 3.63) is 36.5 Å². The number of rotatable bonds is 52. The zero-order valence-electron chi connectivity index (χ0n) is 53.0. The van der Waals surface area contributed by atoms with Crippen molar-refractivity contribution in [3.8, 4) is 0 Å². The molecule has 0 aromatic heterocycles. The maximum Gasteiger partial charge on any atom is 0.220 e. The first kappa shape index (κ1) is 78.3. The largest absolute Gasteiger partial charge is 0.394 e. The second-order valence-electron chi connectivity index (χ2n) is 24.6. The maximum atomic E-state index is 13.4. The lowest BCUT2D eigenvalue weighted by Crippen LogP contribution is -2.66. The first-order chi connectivity index (χ1) is 41.8. The minimum atomic E-state index is -1.98. The maximum absolute atomic E-state index is 13.4. The van der Waals surface area contributed by atoms with E-state index in [-0.39, 0.29) is 18.9 Å². The highest BCUT2D eigenvalue weighted by atomic mass is 16.8. The first-order valence-corrected chi connectivity index (χ1v) is 34.2.